The van der Waals surface area contributed by atoms with E-state index in [4.69, 9.17) is 0 Å². The Kier molecular flexibility index (Phi) is 2.98. The van der Waals surface area contributed by atoms with E-state index in [0.29, 0.717) is 18.3 Å². The minimum absolute atomic E-state index is 0.00277. The Morgan fingerprint density at radius 1 is 1.44 bits per heavy atom. The molecule has 3 atom stereocenters. The maximum absolute atomic E-state index is 11.9. The number of carbonyl (C=O) groups is 1. The van der Waals surface area contributed by atoms with Crippen molar-refractivity contribution >= 4 is 5.78 Å². The largest absolute Gasteiger partial charge is 0.390 e. The van der Waals surface area contributed by atoms with Crippen LogP contribution in [-0.2, 0) is 4.79 Å². The van der Waals surface area contributed by atoms with E-state index in [1.54, 1.807) is 6.08 Å². The van der Waals surface area contributed by atoms with Crippen LogP contribution in [0.25, 0.3) is 0 Å². The fourth-order valence-corrected chi connectivity index (χ4v) is 3.30. The van der Waals surface area contributed by atoms with Crippen molar-refractivity contribution in [1.82, 2.24) is 10.6 Å². The third-order valence-electron chi connectivity index (χ3n) is 4.31. The van der Waals surface area contributed by atoms with Crippen LogP contribution in [0.1, 0.15) is 25.7 Å². The van der Waals surface area contributed by atoms with Crippen molar-refractivity contribution in [3.05, 3.63) is 36.2 Å². The molecular formula is C15H20N2O. The first kappa shape index (κ1) is 11.6. The van der Waals surface area contributed by atoms with Crippen LogP contribution in [0.5, 0.6) is 0 Å². The molecule has 1 aliphatic carbocycles. The summed E-state index contributed by atoms with van der Waals surface area (Å²) in [6, 6.07) is -0.00277. The van der Waals surface area contributed by atoms with Gasteiger partial charge in [0.1, 0.15) is 0 Å². The molecule has 2 N–H and O–H groups in total. The number of allylic oxidation sites excluding steroid dienone is 3. The summed E-state index contributed by atoms with van der Waals surface area (Å²) in [5.74, 6) is 1.57. The summed E-state index contributed by atoms with van der Waals surface area (Å²) >= 11 is 0. The molecule has 0 aromatic heterocycles. The summed E-state index contributed by atoms with van der Waals surface area (Å²) in [6.45, 7) is 4.72. The van der Waals surface area contributed by atoms with Crippen molar-refractivity contribution in [1.29, 1.82) is 0 Å². The normalized spacial score (nSPS) is 33.2. The highest BCUT2D eigenvalue weighted by molar-refractivity contribution is 5.85. The van der Waals surface area contributed by atoms with E-state index in [0.717, 1.165) is 19.4 Å². The number of Topliss-reactive ketones (excluding diaryl/α,β-unsaturated/α-hetero) is 1. The standard InChI is InChI=1S/C15H20N2O/c1-2-3-15(18)13-5-4-10-6-11-8-16-9-12(11)7-14(10)17-13/h2,7,9-11,13,16-17H,1,3-6,8H2. The number of fused-ring (bicyclic) bond motifs is 2. The van der Waals surface area contributed by atoms with Crippen LogP contribution >= 0.6 is 0 Å². The SMILES string of the molecule is C=CCC(=O)C1CCC2CC3CNC=C3C=C2N1. The summed E-state index contributed by atoms with van der Waals surface area (Å²) in [5, 5.41) is 6.76. The number of ketones is 1. The number of hydrogen-bond acceptors (Lipinski definition) is 3. The molecule has 3 aliphatic rings. The smallest absolute Gasteiger partial charge is 0.158 e. The highest BCUT2D eigenvalue weighted by Gasteiger charge is 2.34. The summed E-state index contributed by atoms with van der Waals surface area (Å²) in [7, 11) is 0. The first-order valence-electron chi connectivity index (χ1n) is 6.83. The molecule has 0 bridgehead atoms. The Balaban J connectivity index is 1.74. The van der Waals surface area contributed by atoms with Crippen LogP contribution in [0.4, 0.5) is 0 Å². The molecule has 0 amide bonds. The second kappa shape index (κ2) is 4.63. The highest BCUT2D eigenvalue weighted by atomic mass is 16.1. The number of nitrogens with one attached hydrogen (secondary N) is 2. The molecule has 96 valence electrons. The van der Waals surface area contributed by atoms with E-state index in [1.807, 2.05) is 0 Å². The molecule has 1 saturated heterocycles. The van der Waals surface area contributed by atoms with Crippen LogP contribution in [0, 0.1) is 11.8 Å². The summed E-state index contributed by atoms with van der Waals surface area (Å²) in [6.07, 6.45) is 9.87. The number of piperidine rings is 1. The Morgan fingerprint density at radius 2 is 2.33 bits per heavy atom. The van der Waals surface area contributed by atoms with Gasteiger partial charge in [-0.25, -0.2) is 0 Å². The minimum atomic E-state index is -0.00277. The van der Waals surface area contributed by atoms with E-state index in [-0.39, 0.29) is 11.8 Å². The van der Waals surface area contributed by atoms with E-state index >= 15 is 0 Å². The Morgan fingerprint density at radius 3 is 3.17 bits per heavy atom. The molecule has 2 aliphatic heterocycles. The number of carbonyl (C=O) groups excluding carboxylic acids is 1. The zero-order valence-electron chi connectivity index (χ0n) is 10.6. The lowest BCUT2D eigenvalue weighted by Gasteiger charge is -2.37. The monoisotopic (exact) mass is 244 g/mol. The second-order valence-corrected chi connectivity index (χ2v) is 5.52. The molecule has 0 saturated carbocycles. The van der Waals surface area contributed by atoms with Gasteiger partial charge >= 0.3 is 0 Å². The van der Waals surface area contributed by atoms with Gasteiger partial charge in [-0.15, -0.1) is 6.58 Å². The van der Waals surface area contributed by atoms with Gasteiger partial charge in [0.05, 0.1) is 6.04 Å². The van der Waals surface area contributed by atoms with Crippen molar-refractivity contribution in [2.45, 2.75) is 31.7 Å². The molecule has 3 heteroatoms. The predicted octanol–water partition coefficient (Wildman–Crippen LogP) is 1.89. The van der Waals surface area contributed by atoms with E-state index in [2.05, 4.69) is 29.5 Å². The lowest BCUT2D eigenvalue weighted by Crippen LogP contribution is -2.44. The van der Waals surface area contributed by atoms with Crippen molar-refractivity contribution in [3.63, 3.8) is 0 Å². The average Bonchev–Trinajstić information content (AvgIpc) is 2.82. The van der Waals surface area contributed by atoms with Crippen LogP contribution in [-0.4, -0.2) is 18.4 Å². The minimum Gasteiger partial charge on any atom is -0.390 e. The van der Waals surface area contributed by atoms with Gasteiger partial charge in [0.15, 0.2) is 5.78 Å². The van der Waals surface area contributed by atoms with Crippen LogP contribution in [0.3, 0.4) is 0 Å². The first-order valence-corrected chi connectivity index (χ1v) is 6.83. The number of rotatable bonds is 3. The van der Waals surface area contributed by atoms with E-state index in [9.17, 15) is 4.79 Å². The van der Waals surface area contributed by atoms with Gasteiger partial charge in [-0.2, -0.15) is 0 Å². The Hall–Kier alpha value is -1.51. The fraction of sp³-hybridized carbons (Fsp3) is 0.533. The van der Waals surface area contributed by atoms with Gasteiger partial charge in [0.2, 0.25) is 0 Å². The molecule has 3 nitrogen and oxygen atoms in total. The predicted molar refractivity (Wildman–Crippen MR) is 71.7 cm³/mol. The molecule has 0 radical (unpaired) electrons. The fourth-order valence-electron chi connectivity index (χ4n) is 3.30. The maximum Gasteiger partial charge on any atom is 0.158 e. The third-order valence-corrected chi connectivity index (χ3v) is 4.31. The summed E-state index contributed by atoms with van der Waals surface area (Å²) in [5.41, 5.74) is 2.67. The van der Waals surface area contributed by atoms with Crippen LogP contribution in [0.2, 0.25) is 0 Å². The summed E-state index contributed by atoms with van der Waals surface area (Å²) in [4.78, 5) is 11.9. The van der Waals surface area contributed by atoms with Gasteiger partial charge in [0, 0.05) is 30.8 Å². The quantitative estimate of drug-likeness (QED) is 0.745. The van der Waals surface area contributed by atoms with E-state index < -0.39 is 0 Å². The number of hydrogen-bond donors (Lipinski definition) is 2. The van der Waals surface area contributed by atoms with Crippen molar-refractivity contribution in [2.24, 2.45) is 11.8 Å². The second-order valence-electron chi connectivity index (χ2n) is 5.52. The molecule has 3 unspecified atom stereocenters. The van der Waals surface area contributed by atoms with Crippen molar-refractivity contribution in [3.8, 4) is 0 Å². The molecular weight excluding hydrogens is 224 g/mol. The maximum atomic E-state index is 11.9. The zero-order chi connectivity index (χ0) is 12.5. The molecule has 2 heterocycles. The Labute approximate surface area is 108 Å². The third kappa shape index (κ3) is 1.98. The molecule has 18 heavy (non-hydrogen) atoms. The Bertz CT molecular complexity index is 436. The summed E-state index contributed by atoms with van der Waals surface area (Å²) < 4.78 is 0. The molecule has 1 fully saturated rings. The van der Waals surface area contributed by atoms with Gasteiger partial charge in [-0.1, -0.05) is 6.08 Å². The van der Waals surface area contributed by atoms with E-state index in [1.165, 1.54) is 17.7 Å². The van der Waals surface area contributed by atoms with Crippen molar-refractivity contribution < 1.29 is 4.79 Å². The molecule has 0 aromatic rings. The van der Waals surface area contributed by atoms with Gasteiger partial charge in [-0.3, -0.25) is 4.79 Å². The van der Waals surface area contributed by atoms with Gasteiger partial charge < -0.3 is 10.6 Å². The van der Waals surface area contributed by atoms with Gasteiger partial charge in [-0.05, 0) is 36.8 Å². The van der Waals surface area contributed by atoms with Crippen LogP contribution < -0.4 is 10.6 Å². The topological polar surface area (TPSA) is 41.1 Å². The van der Waals surface area contributed by atoms with Crippen molar-refractivity contribution in [2.75, 3.05) is 6.54 Å². The van der Waals surface area contributed by atoms with Gasteiger partial charge in [0.25, 0.3) is 0 Å². The first-order chi connectivity index (χ1) is 8.78. The van der Waals surface area contributed by atoms with Crippen LogP contribution in [0.15, 0.2) is 36.2 Å². The lowest BCUT2D eigenvalue weighted by atomic mass is 9.77. The molecule has 0 aromatic carbocycles. The molecule has 0 spiro atoms. The average molecular weight is 244 g/mol. The zero-order valence-corrected chi connectivity index (χ0v) is 10.6. The molecule has 3 rings (SSSR count). The lowest BCUT2D eigenvalue weighted by molar-refractivity contribution is -0.120. The highest BCUT2D eigenvalue weighted by Crippen LogP contribution is 2.38.